The second-order valence-corrected chi connectivity index (χ2v) is 6.59. The van der Waals surface area contributed by atoms with Crippen molar-refractivity contribution >= 4 is 23.2 Å². The van der Waals surface area contributed by atoms with Crippen molar-refractivity contribution in [2.75, 3.05) is 0 Å². The van der Waals surface area contributed by atoms with Gasteiger partial charge >= 0.3 is 6.18 Å². The number of hydrogen-bond donors (Lipinski definition) is 1. The summed E-state index contributed by atoms with van der Waals surface area (Å²) in [4.78, 5) is 16.4. The van der Waals surface area contributed by atoms with Gasteiger partial charge in [0.15, 0.2) is 11.3 Å². The van der Waals surface area contributed by atoms with E-state index in [1.54, 1.807) is 6.07 Å². The molecule has 0 unspecified atom stereocenters. The number of carbonyl (C=O) groups is 1. The van der Waals surface area contributed by atoms with E-state index in [1.807, 2.05) is 30.3 Å². The fourth-order valence-corrected chi connectivity index (χ4v) is 3.17. The standard InChI is InChI=1S/C20H13ClF3N3O2/c21-17-16(19(28)25-10-12-5-2-1-3-6-12)26-18-14(20(22,23)24)9-13(11-27(17)18)15-7-4-8-29-15/h1-9,11H,10H2,(H,25,28). The maximum atomic E-state index is 13.6. The van der Waals surface area contributed by atoms with Gasteiger partial charge in [-0.2, -0.15) is 13.2 Å². The molecule has 3 aromatic heterocycles. The molecule has 5 nitrogen and oxygen atoms in total. The predicted octanol–water partition coefficient (Wildman–Crippen LogP) is 5.20. The predicted molar refractivity (Wildman–Crippen MR) is 101 cm³/mol. The molecular weight excluding hydrogens is 407 g/mol. The number of hydrogen-bond acceptors (Lipinski definition) is 3. The molecule has 4 rings (SSSR count). The Hall–Kier alpha value is -3.26. The summed E-state index contributed by atoms with van der Waals surface area (Å²) in [5.41, 5.74) is -0.773. The van der Waals surface area contributed by atoms with E-state index in [9.17, 15) is 18.0 Å². The van der Waals surface area contributed by atoms with Crippen molar-refractivity contribution in [1.29, 1.82) is 0 Å². The number of aromatic nitrogens is 2. The highest BCUT2D eigenvalue weighted by molar-refractivity contribution is 6.33. The van der Waals surface area contributed by atoms with Crippen molar-refractivity contribution in [3.8, 4) is 11.3 Å². The van der Waals surface area contributed by atoms with Crippen molar-refractivity contribution in [3.63, 3.8) is 0 Å². The minimum Gasteiger partial charge on any atom is -0.464 e. The Balaban J connectivity index is 1.76. The molecule has 0 bridgehead atoms. The summed E-state index contributed by atoms with van der Waals surface area (Å²) in [5, 5.41) is 2.40. The molecular formula is C20H13ClF3N3O2. The second kappa shape index (κ2) is 7.29. The van der Waals surface area contributed by atoms with Crippen LogP contribution in [0.2, 0.25) is 5.15 Å². The number of carbonyl (C=O) groups excluding carboxylic acids is 1. The molecule has 0 aliphatic carbocycles. The van der Waals surface area contributed by atoms with Crippen LogP contribution in [0, 0.1) is 0 Å². The van der Waals surface area contributed by atoms with E-state index in [-0.39, 0.29) is 28.7 Å². The normalized spacial score (nSPS) is 11.7. The van der Waals surface area contributed by atoms with Gasteiger partial charge in [-0.3, -0.25) is 9.20 Å². The molecule has 148 valence electrons. The fourth-order valence-electron chi connectivity index (χ4n) is 2.91. The SMILES string of the molecule is O=C(NCc1ccccc1)c1nc2c(C(F)(F)F)cc(-c3ccco3)cn2c1Cl. The average Bonchev–Trinajstić information content (AvgIpc) is 3.34. The van der Waals surface area contributed by atoms with Gasteiger partial charge in [0, 0.05) is 18.3 Å². The molecule has 4 aromatic rings. The summed E-state index contributed by atoms with van der Waals surface area (Å²) in [6.45, 7) is 0.188. The number of pyridine rings is 1. The van der Waals surface area contributed by atoms with Crippen molar-refractivity contribution in [3.05, 3.63) is 83.0 Å². The van der Waals surface area contributed by atoms with Crippen LogP contribution in [0.25, 0.3) is 17.0 Å². The van der Waals surface area contributed by atoms with E-state index in [2.05, 4.69) is 10.3 Å². The summed E-state index contributed by atoms with van der Waals surface area (Å²) in [5.74, 6) is -0.438. The zero-order valence-corrected chi connectivity index (χ0v) is 15.5. The number of furan rings is 1. The van der Waals surface area contributed by atoms with Crippen LogP contribution in [-0.4, -0.2) is 15.3 Å². The molecule has 9 heteroatoms. The van der Waals surface area contributed by atoms with Gasteiger partial charge < -0.3 is 9.73 Å². The highest BCUT2D eigenvalue weighted by Gasteiger charge is 2.36. The minimum atomic E-state index is -4.70. The Kier molecular flexibility index (Phi) is 4.79. The van der Waals surface area contributed by atoms with Gasteiger partial charge in [-0.25, -0.2) is 4.98 Å². The summed E-state index contributed by atoms with van der Waals surface area (Å²) >= 11 is 6.23. The Labute approximate surface area is 167 Å². The van der Waals surface area contributed by atoms with E-state index in [0.29, 0.717) is 0 Å². The summed E-state index contributed by atoms with van der Waals surface area (Å²) in [6, 6.07) is 13.1. The van der Waals surface area contributed by atoms with Crippen LogP contribution < -0.4 is 5.32 Å². The molecule has 0 atom stereocenters. The van der Waals surface area contributed by atoms with E-state index in [0.717, 1.165) is 16.0 Å². The van der Waals surface area contributed by atoms with Crippen molar-refractivity contribution < 1.29 is 22.4 Å². The molecule has 1 aromatic carbocycles. The van der Waals surface area contributed by atoms with Gasteiger partial charge in [-0.1, -0.05) is 41.9 Å². The molecule has 3 heterocycles. The number of benzene rings is 1. The lowest BCUT2D eigenvalue weighted by Crippen LogP contribution is -2.23. The van der Waals surface area contributed by atoms with Crippen LogP contribution in [0.4, 0.5) is 13.2 Å². The number of imidazole rings is 1. The molecule has 0 aliphatic heterocycles. The van der Waals surface area contributed by atoms with Gasteiger partial charge in [0.05, 0.1) is 11.8 Å². The number of rotatable bonds is 4. The molecule has 1 N–H and O–H groups in total. The third-order valence-electron chi connectivity index (χ3n) is 4.28. The lowest BCUT2D eigenvalue weighted by atomic mass is 10.1. The van der Waals surface area contributed by atoms with Crippen LogP contribution in [0.5, 0.6) is 0 Å². The van der Waals surface area contributed by atoms with Gasteiger partial charge in [-0.15, -0.1) is 0 Å². The monoisotopic (exact) mass is 419 g/mol. The van der Waals surface area contributed by atoms with E-state index in [1.165, 1.54) is 18.5 Å². The molecule has 0 fully saturated rings. The van der Waals surface area contributed by atoms with Gasteiger partial charge in [-0.05, 0) is 23.8 Å². The molecule has 0 spiro atoms. The van der Waals surface area contributed by atoms with Crippen molar-refractivity contribution in [1.82, 2.24) is 14.7 Å². The van der Waals surface area contributed by atoms with Gasteiger partial charge in [0.25, 0.3) is 5.91 Å². The third kappa shape index (κ3) is 3.71. The smallest absolute Gasteiger partial charge is 0.420 e. The lowest BCUT2D eigenvalue weighted by Gasteiger charge is -2.10. The number of alkyl halides is 3. The maximum Gasteiger partial charge on any atom is 0.420 e. The number of amides is 1. The van der Waals surface area contributed by atoms with Crippen molar-refractivity contribution in [2.24, 2.45) is 0 Å². The maximum absolute atomic E-state index is 13.6. The van der Waals surface area contributed by atoms with Crippen LogP contribution >= 0.6 is 11.6 Å². The third-order valence-corrected chi connectivity index (χ3v) is 4.64. The van der Waals surface area contributed by atoms with Gasteiger partial charge in [0.1, 0.15) is 10.9 Å². The molecule has 1 amide bonds. The molecule has 0 saturated carbocycles. The first-order chi connectivity index (χ1) is 13.8. The lowest BCUT2D eigenvalue weighted by molar-refractivity contribution is -0.136. The first-order valence-corrected chi connectivity index (χ1v) is 8.87. The highest BCUT2D eigenvalue weighted by Crippen LogP contribution is 2.37. The van der Waals surface area contributed by atoms with Gasteiger partial charge in [0.2, 0.25) is 0 Å². The quantitative estimate of drug-likeness (QED) is 0.495. The van der Waals surface area contributed by atoms with Crippen LogP contribution in [0.1, 0.15) is 21.6 Å². The van der Waals surface area contributed by atoms with E-state index >= 15 is 0 Å². The highest BCUT2D eigenvalue weighted by atomic mass is 35.5. The Morgan fingerprint density at radius 3 is 2.59 bits per heavy atom. The second-order valence-electron chi connectivity index (χ2n) is 6.23. The number of halogens is 4. The zero-order chi connectivity index (χ0) is 20.6. The van der Waals surface area contributed by atoms with Crippen LogP contribution in [0.15, 0.2) is 65.4 Å². The largest absolute Gasteiger partial charge is 0.464 e. The van der Waals surface area contributed by atoms with E-state index < -0.39 is 23.3 Å². The van der Waals surface area contributed by atoms with Crippen LogP contribution in [-0.2, 0) is 12.7 Å². The van der Waals surface area contributed by atoms with Crippen molar-refractivity contribution in [2.45, 2.75) is 12.7 Å². The summed E-state index contributed by atoms with van der Waals surface area (Å²) in [7, 11) is 0. The summed E-state index contributed by atoms with van der Waals surface area (Å²) in [6.07, 6.45) is -1.99. The van der Waals surface area contributed by atoms with E-state index in [4.69, 9.17) is 16.0 Å². The Bertz CT molecular complexity index is 1170. The molecule has 0 saturated heterocycles. The first kappa shape index (κ1) is 19.1. The molecule has 0 aliphatic rings. The van der Waals surface area contributed by atoms with Crippen LogP contribution in [0.3, 0.4) is 0 Å². The minimum absolute atomic E-state index is 0.158. The number of nitrogens with zero attached hydrogens (tertiary/aromatic N) is 2. The molecule has 29 heavy (non-hydrogen) atoms. The fraction of sp³-hybridized carbons (Fsp3) is 0.100. The Morgan fingerprint density at radius 2 is 1.93 bits per heavy atom. The molecule has 0 radical (unpaired) electrons. The topological polar surface area (TPSA) is 59.5 Å². The number of fused-ring (bicyclic) bond motifs is 1. The number of nitrogens with one attached hydrogen (secondary N) is 1. The zero-order valence-electron chi connectivity index (χ0n) is 14.7. The first-order valence-electron chi connectivity index (χ1n) is 8.49. The average molecular weight is 420 g/mol. The Morgan fingerprint density at radius 1 is 1.17 bits per heavy atom. The summed E-state index contributed by atoms with van der Waals surface area (Å²) < 4.78 is 47.1.